The van der Waals surface area contributed by atoms with E-state index >= 15 is 0 Å². The van der Waals surface area contributed by atoms with Crippen LogP contribution in [-0.4, -0.2) is 33.6 Å². The zero-order valence-electron chi connectivity index (χ0n) is 13.2. The summed E-state index contributed by atoms with van der Waals surface area (Å²) in [5, 5.41) is 0. The van der Waals surface area contributed by atoms with Gasteiger partial charge >= 0.3 is 0 Å². The summed E-state index contributed by atoms with van der Waals surface area (Å²) in [5.74, 6) is 3.93. The van der Waals surface area contributed by atoms with Crippen LogP contribution in [0.15, 0.2) is 0 Å². The van der Waals surface area contributed by atoms with Gasteiger partial charge in [-0.1, -0.05) is 27.7 Å². The normalized spacial score (nSPS) is 19.2. The first kappa shape index (κ1) is 15.4. The number of hydrogen-bond acceptors (Lipinski definition) is 5. The quantitative estimate of drug-likeness (QED) is 0.907. The lowest BCUT2D eigenvalue weighted by molar-refractivity contribution is 0.632. The Kier molecular flexibility index (Phi) is 4.47. The topological polar surface area (TPSA) is 55.0 Å². The van der Waals surface area contributed by atoms with E-state index < -0.39 is 0 Å². The SMILES string of the molecule is Cc1c(N)nc(C(C)C)nc1N1CCSC(C)(C)CC1. The second-order valence-electron chi connectivity index (χ2n) is 6.42. The second kappa shape index (κ2) is 5.80. The summed E-state index contributed by atoms with van der Waals surface area (Å²) in [4.78, 5) is 11.6. The summed E-state index contributed by atoms with van der Waals surface area (Å²) in [6.07, 6.45) is 1.16. The van der Waals surface area contributed by atoms with Crippen molar-refractivity contribution in [1.82, 2.24) is 9.97 Å². The molecule has 0 spiro atoms. The highest BCUT2D eigenvalue weighted by Gasteiger charge is 2.25. The smallest absolute Gasteiger partial charge is 0.137 e. The summed E-state index contributed by atoms with van der Waals surface area (Å²) < 4.78 is 0.349. The fourth-order valence-corrected chi connectivity index (χ4v) is 3.44. The lowest BCUT2D eigenvalue weighted by Gasteiger charge is -2.25. The number of aromatic nitrogens is 2. The number of nitrogens with two attached hydrogens (primary N) is 1. The van der Waals surface area contributed by atoms with Gasteiger partial charge in [0.05, 0.1) is 0 Å². The molecule has 1 aliphatic rings. The minimum atomic E-state index is 0.300. The summed E-state index contributed by atoms with van der Waals surface area (Å²) >= 11 is 2.04. The molecule has 1 fully saturated rings. The van der Waals surface area contributed by atoms with Gasteiger partial charge < -0.3 is 10.6 Å². The van der Waals surface area contributed by atoms with E-state index in [1.807, 2.05) is 18.7 Å². The number of rotatable bonds is 2. The molecule has 4 nitrogen and oxygen atoms in total. The molecule has 2 N–H and O–H groups in total. The highest BCUT2D eigenvalue weighted by Crippen LogP contribution is 2.33. The van der Waals surface area contributed by atoms with E-state index in [0.717, 1.165) is 42.5 Å². The van der Waals surface area contributed by atoms with Crippen LogP contribution in [0, 0.1) is 6.92 Å². The molecule has 0 atom stereocenters. The van der Waals surface area contributed by atoms with Gasteiger partial charge in [-0.05, 0) is 13.3 Å². The fraction of sp³-hybridized carbons (Fsp3) is 0.733. The molecule has 0 aromatic carbocycles. The Hall–Kier alpha value is -0.970. The van der Waals surface area contributed by atoms with E-state index in [-0.39, 0.29) is 0 Å². The van der Waals surface area contributed by atoms with E-state index in [1.54, 1.807) is 0 Å². The zero-order valence-corrected chi connectivity index (χ0v) is 14.0. The Labute approximate surface area is 126 Å². The van der Waals surface area contributed by atoms with Gasteiger partial charge in [0.2, 0.25) is 0 Å². The van der Waals surface area contributed by atoms with E-state index in [9.17, 15) is 0 Å². The molecule has 1 saturated heterocycles. The number of anilines is 2. The van der Waals surface area contributed by atoms with Crippen molar-refractivity contribution in [3.8, 4) is 0 Å². The van der Waals surface area contributed by atoms with Crippen LogP contribution in [0.5, 0.6) is 0 Å². The van der Waals surface area contributed by atoms with Crippen LogP contribution in [0.1, 0.15) is 51.4 Å². The molecule has 0 aliphatic carbocycles. The van der Waals surface area contributed by atoms with E-state index in [1.165, 1.54) is 0 Å². The predicted molar refractivity (Wildman–Crippen MR) is 88.6 cm³/mol. The average molecular weight is 294 g/mol. The molecule has 112 valence electrons. The molecule has 5 heteroatoms. The van der Waals surface area contributed by atoms with Gasteiger partial charge in [-0.15, -0.1) is 0 Å². The molecule has 0 unspecified atom stereocenters. The Bertz CT molecular complexity index is 485. The van der Waals surface area contributed by atoms with Crippen molar-refractivity contribution in [1.29, 1.82) is 0 Å². The third-order valence-corrected chi connectivity index (χ3v) is 5.20. The van der Waals surface area contributed by atoms with Crippen molar-refractivity contribution in [3.63, 3.8) is 0 Å². The van der Waals surface area contributed by atoms with Crippen LogP contribution in [0.2, 0.25) is 0 Å². The lowest BCUT2D eigenvalue weighted by Crippen LogP contribution is -2.29. The molecular weight excluding hydrogens is 268 g/mol. The van der Waals surface area contributed by atoms with Crippen LogP contribution < -0.4 is 10.6 Å². The molecule has 0 amide bonds. The fourth-order valence-electron chi connectivity index (χ4n) is 2.34. The van der Waals surface area contributed by atoms with Crippen molar-refractivity contribution in [2.24, 2.45) is 0 Å². The van der Waals surface area contributed by atoms with Gasteiger partial charge in [-0.2, -0.15) is 11.8 Å². The molecule has 1 aromatic heterocycles. The maximum atomic E-state index is 6.08. The molecular formula is C15H26N4S. The molecule has 2 heterocycles. The Balaban J connectivity index is 2.32. The van der Waals surface area contributed by atoms with Crippen molar-refractivity contribution in [2.75, 3.05) is 29.5 Å². The molecule has 2 rings (SSSR count). The number of nitrogens with zero attached hydrogens (tertiary/aromatic N) is 3. The lowest BCUT2D eigenvalue weighted by atomic mass is 10.1. The Morgan fingerprint density at radius 2 is 1.95 bits per heavy atom. The van der Waals surface area contributed by atoms with Crippen molar-refractivity contribution in [2.45, 2.75) is 51.7 Å². The highest BCUT2D eigenvalue weighted by atomic mass is 32.2. The van der Waals surface area contributed by atoms with Crippen LogP contribution >= 0.6 is 11.8 Å². The van der Waals surface area contributed by atoms with Crippen LogP contribution in [0.3, 0.4) is 0 Å². The first-order valence-corrected chi connectivity index (χ1v) is 8.31. The third kappa shape index (κ3) is 3.37. The van der Waals surface area contributed by atoms with Gasteiger partial charge in [0.25, 0.3) is 0 Å². The zero-order chi connectivity index (χ0) is 14.9. The summed E-state index contributed by atoms with van der Waals surface area (Å²) in [6.45, 7) is 12.9. The molecule has 0 radical (unpaired) electrons. The predicted octanol–water partition coefficient (Wildman–Crippen LogP) is 3.21. The molecule has 1 aliphatic heterocycles. The molecule has 0 bridgehead atoms. The average Bonchev–Trinajstić information content (AvgIpc) is 2.53. The van der Waals surface area contributed by atoms with Gasteiger partial charge in [-0.25, -0.2) is 9.97 Å². The van der Waals surface area contributed by atoms with Crippen molar-refractivity contribution < 1.29 is 0 Å². The molecule has 1 aromatic rings. The van der Waals surface area contributed by atoms with Gasteiger partial charge in [0.15, 0.2) is 0 Å². The first-order chi connectivity index (χ1) is 9.30. The maximum absolute atomic E-state index is 6.08. The third-order valence-electron chi connectivity index (χ3n) is 3.83. The monoisotopic (exact) mass is 294 g/mol. The number of hydrogen-bond donors (Lipinski definition) is 1. The maximum Gasteiger partial charge on any atom is 0.137 e. The summed E-state index contributed by atoms with van der Waals surface area (Å²) in [5.41, 5.74) is 7.09. The van der Waals surface area contributed by atoms with Gasteiger partial charge in [0, 0.05) is 35.1 Å². The van der Waals surface area contributed by atoms with E-state index in [4.69, 9.17) is 10.7 Å². The first-order valence-electron chi connectivity index (χ1n) is 7.33. The Morgan fingerprint density at radius 3 is 2.60 bits per heavy atom. The minimum Gasteiger partial charge on any atom is -0.383 e. The molecule has 0 saturated carbocycles. The van der Waals surface area contributed by atoms with Crippen LogP contribution in [0.25, 0.3) is 0 Å². The van der Waals surface area contributed by atoms with Crippen LogP contribution in [-0.2, 0) is 0 Å². The standard InChI is InChI=1S/C15H26N4S/c1-10(2)13-17-12(16)11(3)14(18-13)19-7-6-15(4,5)20-9-8-19/h10H,6-9H2,1-5H3,(H2,16,17,18). The Morgan fingerprint density at radius 1 is 1.25 bits per heavy atom. The summed E-state index contributed by atoms with van der Waals surface area (Å²) in [7, 11) is 0. The van der Waals surface area contributed by atoms with E-state index in [2.05, 4.69) is 37.6 Å². The summed E-state index contributed by atoms with van der Waals surface area (Å²) in [6, 6.07) is 0. The minimum absolute atomic E-state index is 0.300. The number of thioether (sulfide) groups is 1. The van der Waals surface area contributed by atoms with Crippen molar-refractivity contribution >= 4 is 23.4 Å². The van der Waals surface area contributed by atoms with Gasteiger partial charge in [-0.3, -0.25) is 0 Å². The van der Waals surface area contributed by atoms with Crippen LogP contribution in [0.4, 0.5) is 11.6 Å². The van der Waals surface area contributed by atoms with E-state index in [0.29, 0.717) is 16.5 Å². The molecule has 20 heavy (non-hydrogen) atoms. The van der Waals surface area contributed by atoms with Crippen molar-refractivity contribution in [3.05, 3.63) is 11.4 Å². The van der Waals surface area contributed by atoms with Gasteiger partial charge in [0.1, 0.15) is 17.5 Å². The number of nitrogen functional groups attached to an aromatic ring is 1. The second-order valence-corrected chi connectivity index (χ2v) is 8.22. The highest BCUT2D eigenvalue weighted by molar-refractivity contribution is 8.00. The largest absolute Gasteiger partial charge is 0.383 e.